The van der Waals surface area contributed by atoms with E-state index in [0.29, 0.717) is 0 Å². The molecule has 2 rings (SSSR count). The van der Waals surface area contributed by atoms with E-state index < -0.39 is 74.7 Å². The van der Waals surface area contributed by atoms with Gasteiger partial charge in [-0.2, -0.15) is 0 Å². The lowest BCUT2D eigenvalue weighted by atomic mass is 9.91. The van der Waals surface area contributed by atoms with Gasteiger partial charge in [0.15, 0.2) is 0 Å². The van der Waals surface area contributed by atoms with Crippen LogP contribution in [0.15, 0.2) is 0 Å². The molecule has 0 saturated heterocycles. The largest absolute Gasteiger partial charge is 0.391 e. The van der Waals surface area contributed by atoms with Gasteiger partial charge in [0, 0.05) is 25.4 Å². The van der Waals surface area contributed by atoms with Gasteiger partial charge >= 0.3 is 0 Å². The molecule has 0 aliphatic heterocycles. The Balaban J connectivity index is 0.000000540. The van der Waals surface area contributed by atoms with Crippen LogP contribution >= 0.6 is 14.7 Å². The summed E-state index contributed by atoms with van der Waals surface area (Å²) in [6.45, 7) is 10.0. The molecule has 2 fully saturated rings. The van der Waals surface area contributed by atoms with Crippen LogP contribution in [-0.2, 0) is 28.3 Å². The number of amides is 4. The molecular formula is C36H72N6O10P2. The van der Waals surface area contributed by atoms with Crippen LogP contribution in [0.4, 0.5) is 0 Å². The highest BCUT2D eigenvalue weighted by molar-refractivity contribution is 7.58. The van der Waals surface area contributed by atoms with Crippen LogP contribution < -0.4 is 32.7 Å². The van der Waals surface area contributed by atoms with Crippen LogP contribution in [0.5, 0.6) is 0 Å². The van der Waals surface area contributed by atoms with Crippen molar-refractivity contribution in [3.8, 4) is 0 Å². The standard InChI is InChI=1S/2C18H36N3O5P/c2*1-12(2)16(19)18(24)21-13(3)17(23)20-9-15(22)11-27(25,26)10-14-7-5-4-6-8-14/h2*12-16,22H,4-11,19H2,1-3H3,(H,20,23)(H,21,24)(H,25,26)/t13-,15+,16+;13-,15-,16-/m01/s1. The minimum absolute atomic E-state index is 0.0510. The lowest BCUT2D eigenvalue weighted by molar-refractivity contribution is -0.129. The third-order valence-electron chi connectivity index (χ3n) is 10.1. The number of hydrogen-bond acceptors (Lipinski definition) is 10. The van der Waals surface area contributed by atoms with E-state index in [1.165, 1.54) is 26.7 Å². The lowest BCUT2D eigenvalue weighted by Gasteiger charge is -2.25. The van der Waals surface area contributed by atoms with Gasteiger partial charge in [0.05, 0.1) is 36.6 Å². The van der Waals surface area contributed by atoms with E-state index in [4.69, 9.17) is 11.5 Å². The number of nitrogens with one attached hydrogen (secondary N) is 4. The fraction of sp³-hybridized carbons (Fsp3) is 0.889. The van der Waals surface area contributed by atoms with Gasteiger partial charge in [-0.05, 0) is 63.2 Å². The summed E-state index contributed by atoms with van der Waals surface area (Å²) >= 11 is 0. The summed E-state index contributed by atoms with van der Waals surface area (Å²) < 4.78 is 24.7. The summed E-state index contributed by atoms with van der Waals surface area (Å²) in [7, 11) is -6.87. The van der Waals surface area contributed by atoms with Gasteiger partial charge in [0.2, 0.25) is 38.4 Å². The van der Waals surface area contributed by atoms with E-state index in [2.05, 4.69) is 21.3 Å². The van der Waals surface area contributed by atoms with Crippen molar-refractivity contribution in [1.82, 2.24) is 21.3 Å². The van der Waals surface area contributed by atoms with Gasteiger partial charge in [-0.3, -0.25) is 28.3 Å². The number of carbonyl (C=O) groups excluding carboxylic acids is 4. The number of aliphatic hydroxyl groups is 2. The summed E-state index contributed by atoms with van der Waals surface area (Å²) in [6, 6.07) is -3.02. The van der Waals surface area contributed by atoms with Crippen molar-refractivity contribution in [2.45, 2.75) is 142 Å². The van der Waals surface area contributed by atoms with Crippen molar-refractivity contribution < 1.29 is 48.3 Å². The molecule has 0 spiro atoms. The van der Waals surface area contributed by atoms with E-state index in [1.807, 2.05) is 27.7 Å². The highest BCUT2D eigenvalue weighted by atomic mass is 31.2. The summed E-state index contributed by atoms with van der Waals surface area (Å²) in [5.41, 5.74) is 11.5. The smallest absolute Gasteiger partial charge is 0.242 e. The van der Waals surface area contributed by atoms with E-state index in [-0.39, 0.29) is 61.4 Å². The van der Waals surface area contributed by atoms with Gasteiger partial charge in [-0.15, -0.1) is 0 Å². The second-order valence-electron chi connectivity index (χ2n) is 16.2. The van der Waals surface area contributed by atoms with Crippen LogP contribution in [-0.4, -0.2) is 118 Å². The van der Waals surface area contributed by atoms with E-state index in [1.54, 1.807) is 0 Å². The number of rotatable bonds is 20. The molecule has 0 aromatic carbocycles. The molecule has 8 atom stereocenters. The Hall–Kier alpha value is -1.90. The van der Waals surface area contributed by atoms with Crippen molar-refractivity contribution in [1.29, 1.82) is 0 Å². The zero-order chi connectivity index (χ0) is 41.2. The molecule has 2 saturated carbocycles. The van der Waals surface area contributed by atoms with Crippen LogP contribution in [0.25, 0.3) is 0 Å². The fourth-order valence-corrected chi connectivity index (χ4v) is 10.8. The third-order valence-corrected chi connectivity index (χ3v) is 14.3. The molecule has 12 N–H and O–H groups in total. The quantitative estimate of drug-likeness (QED) is 0.0786. The lowest BCUT2D eigenvalue weighted by Crippen LogP contribution is -2.52. The van der Waals surface area contributed by atoms with E-state index >= 15 is 0 Å². The van der Waals surface area contributed by atoms with Gasteiger partial charge in [-0.1, -0.05) is 66.2 Å². The normalized spacial score (nSPS) is 21.1. The molecule has 0 radical (unpaired) electrons. The number of nitrogens with two attached hydrogens (primary N) is 2. The average Bonchev–Trinajstić information content (AvgIpc) is 3.08. The molecule has 18 heteroatoms. The van der Waals surface area contributed by atoms with Crippen molar-refractivity contribution in [3.05, 3.63) is 0 Å². The second-order valence-corrected chi connectivity index (χ2v) is 21.1. The summed E-state index contributed by atoms with van der Waals surface area (Å²) in [5.74, 6) is -1.39. The second kappa shape index (κ2) is 24.7. The van der Waals surface area contributed by atoms with E-state index in [9.17, 15) is 48.3 Å². The summed E-state index contributed by atoms with van der Waals surface area (Å²) in [4.78, 5) is 68.2. The molecule has 2 aliphatic rings. The Morgan fingerprint density at radius 3 is 1.15 bits per heavy atom. The Morgan fingerprint density at radius 1 is 0.574 bits per heavy atom. The zero-order valence-corrected chi connectivity index (χ0v) is 35.2. The van der Waals surface area contributed by atoms with Gasteiger partial charge in [-0.25, -0.2) is 0 Å². The molecule has 0 aromatic rings. The van der Waals surface area contributed by atoms with Gasteiger partial charge < -0.3 is 52.7 Å². The Labute approximate surface area is 322 Å². The predicted molar refractivity (Wildman–Crippen MR) is 211 cm³/mol. The molecular weight excluding hydrogens is 738 g/mol. The molecule has 4 amide bonds. The van der Waals surface area contributed by atoms with Crippen LogP contribution in [0, 0.1) is 23.7 Å². The monoisotopic (exact) mass is 810 g/mol. The van der Waals surface area contributed by atoms with Crippen LogP contribution in [0.3, 0.4) is 0 Å². The fourth-order valence-electron chi connectivity index (χ4n) is 6.58. The molecule has 16 nitrogen and oxygen atoms in total. The van der Waals surface area contributed by atoms with Crippen molar-refractivity contribution in [2.24, 2.45) is 35.1 Å². The minimum Gasteiger partial charge on any atom is -0.391 e. The highest BCUT2D eigenvalue weighted by Gasteiger charge is 2.31. The highest BCUT2D eigenvalue weighted by Crippen LogP contribution is 2.46. The van der Waals surface area contributed by atoms with Gasteiger partial charge in [0.1, 0.15) is 12.1 Å². The molecule has 0 bridgehead atoms. The molecule has 54 heavy (non-hydrogen) atoms. The molecule has 2 unspecified atom stereocenters. The summed E-state index contributed by atoms with van der Waals surface area (Å²) in [6.07, 6.45) is 8.38. The number of hydrogen-bond donors (Lipinski definition) is 10. The first-order chi connectivity index (χ1) is 25.0. The topological polar surface area (TPSA) is 284 Å². The Kier molecular flexibility index (Phi) is 22.9. The van der Waals surface area contributed by atoms with Gasteiger partial charge in [0.25, 0.3) is 0 Å². The zero-order valence-electron chi connectivity index (χ0n) is 33.4. The third kappa shape index (κ3) is 20.9. The maximum atomic E-state index is 12.4. The molecule has 2 aliphatic carbocycles. The molecule has 0 aromatic heterocycles. The number of carbonyl (C=O) groups is 4. The Morgan fingerprint density at radius 2 is 0.870 bits per heavy atom. The first-order valence-corrected chi connectivity index (χ1v) is 23.7. The SMILES string of the molecule is CC(C)[C@@H](N)C(=O)N[C@@H](C)C(=O)NC[C@@H](O)CP(=O)(O)CC1CCCCC1.CC(C)[C@@H](N)C(=O)N[C@H](C)C(=O)NC[C@@H](O)CP(=O)(O)CC1CCCCC1. The van der Waals surface area contributed by atoms with Crippen molar-refractivity contribution in [2.75, 3.05) is 37.7 Å². The first kappa shape index (κ1) is 50.1. The number of aliphatic hydroxyl groups excluding tert-OH is 2. The van der Waals surface area contributed by atoms with Crippen LogP contribution in [0.1, 0.15) is 106 Å². The molecule has 316 valence electrons. The first-order valence-electron chi connectivity index (χ1n) is 19.7. The average molecular weight is 811 g/mol. The molecule has 0 heterocycles. The maximum absolute atomic E-state index is 12.4. The predicted octanol–water partition coefficient (Wildman–Crippen LogP) is 1.60. The van der Waals surface area contributed by atoms with Crippen molar-refractivity contribution >= 4 is 38.4 Å². The van der Waals surface area contributed by atoms with Crippen LogP contribution in [0.2, 0.25) is 0 Å². The maximum Gasteiger partial charge on any atom is 0.242 e. The van der Waals surface area contributed by atoms with Crippen molar-refractivity contribution in [3.63, 3.8) is 0 Å². The Bertz CT molecular complexity index is 1170. The minimum atomic E-state index is -3.44. The summed E-state index contributed by atoms with van der Waals surface area (Å²) in [5, 5.41) is 30.1. The van der Waals surface area contributed by atoms with E-state index in [0.717, 1.165) is 51.4 Å².